The second-order valence-electron chi connectivity index (χ2n) is 3.85. The third-order valence-corrected chi connectivity index (χ3v) is 2.47. The fraction of sp³-hybridized carbons (Fsp3) is 0.500. The zero-order chi connectivity index (χ0) is 12.8. The highest BCUT2D eigenvalue weighted by Crippen LogP contribution is 2.31. The van der Waals surface area contributed by atoms with E-state index in [4.69, 9.17) is 0 Å². The molecule has 4 nitrogen and oxygen atoms in total. The molecule has 1 aromatic rings. The topological polar surface area (TPSA) is 46.4 Å². The van der Waals surface area contributed by atoms with Crippen LogP contribution in [-0.2, 0) is 0 Å². The van der Waals surface area contributed by atoms with E-state index in [2.05, 4.69) is 0 Å². The zero-order valence-electron chi connectivity index (χ0n) is 10.1. The maximum atomic E-state index is 13.8. The molecule has 0 fully saturated rings. The summed E-state index contributed by atoms with van der Waals surface area (Å²) in [6.07, 6.45) is 1.65. The summed E-state index contributed by atoms with van der Waals surface area (Å²) in [6.45, 7) is 5.18. The number of rotatable bonds is 6. The molecule has 0 aromatic heterocycles. The number of nitrogens with zero attached hydrogens (tertiary/aromatic N) is 2. The summed E-state index contributed by atoms with van der Waals surface area (Å²) in [5.74, 6) is -0.527. The van der Waals surface area contributed by atoms with Crippen molar-refractivity contribution in [3.8, 4) is 0 Å². The molecule has 1 rings (SSSR count). The molecule has 0 amide bonds. The number of para-hydroxylation sites is 1. The van der Waals surface area contributed by atoms with Gasteiger partial charge in [0.1, 0.15) is 0 Å². The predicted molar refractivity (Wildman–Crippen MR) is 65.8 cm³/mol. The molecular formula is C12H17FN2O2. The summed E-state index contributed by atoms with van der Waals surface area (Å²) in [6, 6.07) is 3.98. The van der Waals surface area contributed by atoms with Crippen LogP contribution in [0.25, 0.3) is 0 Å². The average Bonchev–Trinajstić information content (AvgIpc) is 2.28. The van der Waals surface area contributed by atoms with Gasteiger partial charge in [-0.15, -0.1) is 0 Å². The van der Waals surface area contributed by atoms with Crippen LogP contribution >= 0.6 is 0 Å². The number of benzene rings is 1. The van der Waals surface area contributed by atoms with Crippen molar-refractivity contribution in [2.45, 2.75) is 26.7 Å². The van der Waals surface area contributed by atoms with Gasteiger partial charge in [-0.05, 0) is 18.9 Å². The van der Waals surface area contributed by atoms with E-state index in [-0.39, 0.29) is 11.4 Å². The van der Waals surface area contributed by atoms with Gasteiger partial charge < -0.3 is 4.90 Å². The van der Waals surface area contributed by atoms with Crippen LogP contribution in [-0.4, -0.2) is 18.0 Å². The number of nitro groups is 1. The fourth-order valence-corrected chi connectivity index (χ4v) is 1.84. The molecule has 0 aliphatic heterocycles. The molecule has 0 bridgehead atoms. The average molecular weight is 240 g/mol. The van der Waals surface area contributed by atoms with E-state index >= 15 is 0 Å². The van der Waals surface area contributed by atoms with Crippen LogP contribution in [0.3, 0.4) is 0 Å². The van der Waals surface area contributed by atoms with Crippen LogP contribution in [0.2, 0.25) is 0 Å². The number of hydrogen-bond donors (Lipinski definition) is 0. The minimum Gasteiger partial charge on any atom is -0.364 e. The fourth-order valence-electron chi connectivity index (χ4n) is 1.84. The molecule has 0 radical (unpaired) electrons. The summed E-state index contributed by atoms with van der Waals surface area (Å²) < 4.78 is 13.8. The number of anilines is 1. The Morgan fingerprint density at radius 2 is 1.88 bits per heavy atom. The second kappa shape index (κ2) is 6.18. The molecule has 1 aromatic carbocycles. The van der Waals surface area contributed by atoms with Crippen LogP contribution in [0.1, 0.15) is 26.7 Å². The number of nitro benzene ring substituents is 1. The van der Waals surface area contributed by atoms with Gasteiger partial charge in [-0.1, -0.05) is 19.9 Å². The van der Waals surface area contributed by atoms with Crippen molar-refractivity contribution in [3.63, 3.8) is 0 Å². The summed E-state index contributed by atoms with van der Waals surface area (Å²) in [7, 11) is 0. The summed E-state index contributed by atoms with van der Waals surface area (Å²) in [5.41, 5.74) is -0.0481. The molecule has 17 heavy (non-hydrogen) atoms. The van der Waals surface area contributed by atoms with Gasteiger partial charge in [0.05, 0.1) is 4.92 Å². The highest BCUT2D eigenvalue weighted by atomic mass is 19.1. The molecule has 0 saturated heterocycles. The van der Waals surface area contributed by atoms with Crippen molar-refractivity contribution in [1.29, 1.82) is 0 Å². The normalized spacial score (nSPS) is 10.3. The summed E-state index contributed by atoms with van der Waals surface area (Å²) >= 11 is 0. The Kier molecular flexibility index (Phi) is 4.87. The van der Waals surface area contributed by atoms with Crippen molar-refractivity contribution in [2.75, 3.05) is 18.0 Å². The SMILES string of the molecule is CCCN(CCC)c1c(F)cccc1[N+](=O)[O-]. The molecule has 0 spiro atoms. The van der Waals surface area contributed by atoms with E-state index < -0.39 is 10.7 Å². The first-order valence-corrected chi connectivity index (χ1v) is 5.79. The number of hydrogen-bond acceptors (Lipinski definition) is 3. The Hall–Kier alpha value is -1.65. The largest absolute Gasteiger partial charge is 0.364 e. The molecule has 5 heteroatoms. The highest BCUT2D eigenvalue weighted by molar-refractivity contribution is 5.64. The van der Waals surface area contributed by atoms with Crippen LogP contribution in [0.15, 0.2) is 18.2 Å². The second-order valence-corrected chi connectivity index (χ2v) is 3.85. The van der Waals surface area contributed by atoms with Crippen molar-refractivity contribution in [1.82, 2.24) is 0 Å². The number of halogens is 1. The minimum atomic E-state index is -0.531. The monoisotopic (exact) mass is 240 g/mol. The Morgan fingerprint density at radius 3 is 2.35 bits per heavy atom. The van der Waals surface area contributed by atoms with E-state index in [1.165, 1.54) is 18.2 Å². The first-order valence-electron chi connectivity index (χ1n) is 5.79. The molecule has 0 unspecified atom stereocenters. The molecule has 0 aliphatic carbocycles. The summed E-state index contributed by atoms with van der Waals surface area (Å²) in [5, 5.41) is 10.9. The lowest BCUT2D eigenvalue weighted by Crippen LogP contribution is -2.26. The van der Waals surface area contributed by atoms with E-state index in [9.17, 15) is 14.5 Å². The van der Waals surface area contributed by atoms with Crippen LogP contribution in [0, 0.1) is 15.9 Å². The quantitative estimate of drug-likeness (QED) is 0.565. The lowest BCUT2D eigenvalue weighted by Gasteiger charge is -2.23. The van der Waals surface area contributed by atoms with Crippen LogP contribution < -0.4 is 4.90 Å². The van der Waals surface area contributed by atoms with Gasteiger partial charge in [-0.2, -0.15) is 0 Å². The van der Waals surface area contributed by atoms with E-state index in [1.54, 1.807) is 4.90 Å². The maximum Gasteiger partial charge on any atom is 0.295 e. The van der Waals surface area contributed by atoms with E-state index in [1.807, 2.05) is 13.8 Å². The first kappa shape index (κ1) is 13.4. The smallest absolute Gasteiger partial charge is 0.295 e. The van der Waals surface area contributed by atoms with Gasteiger partial charge in [0.2, 0.25) is 0 Å². The van der Waals surface area contributed by atoms with E-state index in [0.717, 1.165) is 12.8 Å². The molecule has 0 atom stereocenters. The van der Waals surface area contributed by atoms with Crippen molar-refractivity contribution >= 4 is 11.4 Å². The Balaban J connectivity index is 3.19. The van der Waals surface area contributed by atoms with Crippen LogP contribution in [0.4, 0.5) is 15.8 Å². The van der Waals surface area contributed by atoms with Gasteiger partial charge in [-0.25, -0.2) is 4.39 Å². The van der Waals surface area contributed by atoms with Gasteiger partial charge in [0, 0.05) is 19.2 Å². The lowest BCUT2D eigenvalue weighted by atomic mass is 10.2. The molecule has 0 N–H and O–H groups in total. The highest BCUT2D eigenvalue weighted by Gasteiger charge is 2.22. The third kappa shape index (κ3) is 3.15. The third-order valence-electron chi connectivity index (χ3n) is 2.47. The standard InChI is InChI=1S/C12H17FN2O2/c1-3-8-14(9-4-2)12-10(13)6-5-7-11(12)15(16)17/h5-7H,3-4,8-9H2,1-2H3. The molecule has 0 heterocycles. The molecule has 0 saturated carbocycles. The Labute approximate surface area is 100 Å². The van der Waals surface area contributed by atoms with Crippen LogP contribution in [0.5, 0.6) is 0 Å². The predicted octanol–water partition coefficient (Wildman–Crippen LogP) is 3.36. The first-order chi connectivity index (χ1) is 8.11. The van der Waals surface area contributed by atoms with Crippen molar-refractivity contribution in [3.05, 3.63) is 34.1 Å². The minimum absolute atomic E-state index is 0.112. The van der Waals surface area contributed by atoms with Gasteiger partial charge in [0.15, 0.2) is 11.5 Å². The Morgan fingerprint density at radius 1 is 1.29 bits per heavy atom. The maximum absolute atomic E-state index is 13.8. The summed E-state index contributed by atoms with van der Waals surface area (Å²) in [4.78, 5) is 12.1. The van der Waals surface area contributed by atoms with Crippen molar-refractivity contribution < 1.29 is 9.31 Å². The van der Waals surface area contributed by atoms with Gasteiger partial charge in [0.25, 0.3) is 5.69 Å². The van der Waals surface area contributed by atoms with Gasteiger partial charge in [-0.3, -0.25) is 10.1 Å². The molecule has 0 aliphatic rings. The van der Waals surface area contributed by atoms with Crippen molar-refractivity contribution in [2.24, 2.45) is 0 Å². The zero-order valence-corrected chi connectivity index (χ0v) is 10.1. The van der Waals surface area contributed by atoms with E-state index in [0.29, 0.717) is 13.1 Å². The lowest BCUT2D eigenvalue weighted by molar-refractivity contribution is -0.384. The molecular weight excluding hydrogens is 223 g/mol. The van der Waals surface area contributed by atoms with Gasteiger partial charge >= 0.3 is 0 Å². The molecule has 94 valence electrons. The Bertz CT molecular complexity index is 390.